The lowest BCUT2D eigenvalue weighted by molar-refractivity contribution is 0.240. The number of methoxy groups -OCH3 is 1. The molecule has 4 nitrogen and oxygen atoms in total. The zero-order chi connectivity index (χ0) is 13.4. The van der Waals surface area contributed by atoms with Crippen LogP contribution < -0.4 is 15.4 Å². The van der Waals surface area contributed by atoms with Crippen molar-refractivity contribution >= 4 is 6.03 Å². The second kappa shape index (κ2) is 7.58. The number of urea groups is 1. The van der Waals surface area contributed by atoms with Crippen molar-refractivity contribution in [3.63, 3.8) is 0 Å². The number of ether oxygens (including phenoxy) is 1. The number of nitrogens with one attached hydrogen (secondary N) is 2. The first kappa shape index (κ1) is 14.4. The molecular weight excluding hydrogens is 228 g/mol. The average molecular weight is 250 g/mol. The topological polar surface area (TPSA) is 50.4 Å². The number of hydrogen-bond donors (Lipinski definition) is 2. The van der Waals surface area contributed by atoms with Gasteiger partial charge in [-0.1, -0.05) is 26.0 Å². The maximum Gasteiger partial charge on any atom is 0.315 e. The Morgan fingerprint density at radius 2 is 1.89 bits per heavy atom. The molecule has 0 aliphatic heterocycles. The zero-order valence-corrected chi connectivity index (χ0v) is 11.3. The van der Waals surface area contributed by atoms with E-state index >= 15 is 0 Å². The quantitative estimate of drug-likeness (QED) is 0.815. The monoisotopic (exact) mass is 250 g/mol. The van der Waals surface area contributed by atoms with E-state index in [4.69, 9.17) is 4.74 Å². The van der Waals surface area contributed by atoms with Crippen LogP contribution in [0, 0.1) is 5.92 Å². The molecule has 0 unspecified atom stereocenters. The molecule has 18 heavy (non-hydrogen) atoms. The third kappa shape index (κ3) is 5.57. The minimum Gasteiger partial charge on any atom is -0.497 e. The van der Waals surface area contributed by atoms with Gasteiger partial charge < -0.3 is 15.4 Å². The summed E-state index contributed by atoms with van der Waals surface area (Å²) in [6, 6.07) is 7.52. The fourth-order valence-corrected chi connectivity index (χ4v) is 1.46. The minimum absolute atomic E-state index is 0.119. The number of benzene rings is 1. The van der Waals surface area contributed by atoms with E-state index in [2.05, 4.69) is 24.5 Å². The van der Waals surface area contributed by atoms with E-state index in [1.165, 1.54) is 0 Å². The Morgan fingerprint density at radius 1 is 1.22 bits per heavy atom. The van der Waals surface area contributed by atoms with Crippen LogP contribution in [-0.2, 0) is 6.54 Å². The third-order valence-corrected chi connectivity index (χ3v) is 2.62. The number of amides is 2. The van der Waals surface area contributed by atoms with Crippen LogP contribution in [0.2, 0.25) is 0 Å². The molecule has 100 valence electrons. The van der Waals surface area contributed by atoms with Gasteiger partial charge in [0.25, 0.3) is 0 Å². The van der Waals surface area contributed by atoms with E-state index in [1.807, 2.05) is 24.3 Å². The molecule has 0 heterocycles. The highest BCUT2D eigenvalue weighted by Crippen LogP contribution is 2.10. The first-order valence-corrected chi connectivity index (χ1v) is 6.26. The summed E-state index contributed by atoms with van der Waals surface area (Å²) in [5.41, 5.74) is 1.05. The van der Waals surface area contributed by atoms with E-state index in [-0.39, 0.29) is 6.03 Å². The molecule has 0 aliphatic carbocycles. The van der Waals surface area contributed by atoms with Gasteiger partial charge in [0.1, 0.15) is 5.75 Å². The van der Waals surface area contributed by atoms with E-state index in [9.17, 15) is 4.79 Å². The van der Waals surface area contributed by atoms with E-state index in [1.54, 1.807) is 7.11 Å². The Hall–Kier alpha value is -1.71. The van der Waals surface area contributed by atoms with Gasteiger partial charge in [0, 0.05) is 13.1 Å². The van der Waals surface area contributed by atoms with Gasteiger partial charge in [0.2, 0.25) is 0 Å². The van der Waals surface area contributed by atoms with Crippen LogP contribution in [0.15, 0.2) is 24.3 Å². The first-order valence-electron chi connectivity index (χ1n) is 6.26. The number of hydrogen-bond acceptors (Lipinski definition) is 2. The lowest BCUT2D eigenvalue weighted by Gasteiger charge is -2.09. The van der Waals surface area contributed by atoms with Crippen LogP contribution in [0.1, 0.15) is 25.8 Å². The summed E-state index contributed by atoms with van der Waals surface area (Å²) in [5.74, 6) is 1.42. The van der Waals surface area contributed by atoms with Gasteiger partial charge >= 0.3 is 6.03 Å². The highest BCUT2D eigenvalue weighted by Gasteiger charge is 2.01. The standard InChI is InChI=1S/C14H22N2O2/c1-11(2)8-9-15-14(17)16-10-12-4-6-13(18-3)7-5-12/h4-7,11H,8-10H2,1-3H3,(H2,15,16,17). The van der Waals surface area contributed by atoms with Crippen molar-refractivity contribution in [1.29, 1.82) is 0 Å². The predicted molar refractivity (Wildman–Crippen MR) is 72.7 cm³/mol. The van der Waals surface area contributed by atoms with E-state index in [0.29, 0.717) is 19.0 Å². The number of carbonyl (C=O) groups excluding carboxylic acids is 1. The maximum absolute atomic E-state index is 11.5. The molecular formula is C14H22N2O2. The molecule has 0 aliphatic rings. The fraction of sp³-hybridized carbons (Fsp3) is 0.500. The van der Waals surface area contributed by atoms with Gasteiger partial charge in [0.15, 0.2) is 0 Å². The minimum atomic E-state index is -0.119. The van der Waals surface area contributed by atoms with Crippen molar-refractivity contribution in [2.75, 3.05) is 13.7 Å². The molecule has 2 amide bonds. The van der Waals surface area contributed by atoms with Crippen molar-refractivity contribution in [2.45, 2.75) is 26.8 Å². The summed E-state index contributed by atoms with van der Waals surface area (Å²) >= 11 is 0. The number of rotatable bonds is 6. The average Bonchev–Trinajstić information content (AvgIpc) is 2.36. The second-order valence-corrected chi connectivity index (χ2v) is 4.64. The normalized spacial score (nSPS) is 10.2. The molecule has 2 N–H and O–H groups in total. The van der Waals surface area contributed by atoms with Crippen LogP contribution in [0.25, 0.3) is 0 Å². The molecule has 0 fully saturated rings. The molecule has 1 aromatic carbocycles. The summed E-state index contributed by atoms with van der Waals surface area (Å²) < 4.78 is 5.07. The molecule has 0 bridgehead atoms. The molecule has 0 saturated carbocycles. The summed E-state index contributed by atoms with van der Waals surface area (Å²) in [5, 5.41) is 5.65. The summed E-state index contributed by atoms with van der Waals surface area (Å²) in [6.45, 7) is 5.51. The van der Waals surface area contributed by atoms with Crippen molar-refractivity contribution in [3.05, 3.63) is 29.8 Å². The van der Waals surface area contributed by atoms with E-state index < -0.39 is 0 Å². The van der Waals surface area contributed by atoms with Crippen molar-refractivity contribution < 1.29 is 9.53 Å². The van der Waals surface area contributed by atoms with Crippen molar-refractivity contribution in [2.24, 2.45) is 5.92 Å². The van der Waals surface area contributed by atoms with Crippen LogP contribution >= 0.6 is 0 Å². The highest BCUT2D eigenvalue weighted by molar-refractivity contribution is 5.73. The molecule has 1 rings (SSSR count). The van der Waals surface area contributed by atoms with Crippen LogP contribution in [-0.4, -0.2) is 19.7 Å². The summed E-state index contributed by atoms with van der Waals surface area (Å²) in [6.07, 6.45) is 0.996. The second-order valence-electron chi connectivity index (χ2n) is 4.64. The lowest BCUT2D eigenvalue weighted by atomic mass is 10.1. The van der Waals surface area contributed by atoms with Gasteiger partial charge in [-0.2, -0.15) is 0 Å². The molecule has 0 atom stereocenters. The zero-order valence-electron chi connectivity index (χ0n) is 11.3. The third-order valence-electron chi connectivity index (χ3n) is 2.62. The fourth-order valence-electron chi connectivity index (χ4n) is 1.46. The lowest BCUT2D eigenvalue weighted by Crippen LogP contribution is -2.35. The maximum atomic E-state index is 11.5. The Balaban J connectivity index is 2.24. The highest BCUT2D eigenvalue weighted by atomic mass is 16.5. The van der Waals surface area contributed by atoms with Gasteiger partial charge in [-0.15, -0.1) is 0 Å². The van der Waals surface area contributed by atoms with E-state index in [0.717, 1.165) is 17.7 Å². The largest absolute Gasteiger partial charge is 0.497 e. The molecule has 0 saturated heterocycles. The predicted octanol–water partition coefficient (Wildman–Crippen LogP) is 2.54. The van der Waals surface area contributed by atoms with Gasteiger partial charge in [-0.25, -0.2) is 4.79 Å². The molecule has 0 aromatic heterocycles. The Labute approximate surface area is 109 Å². The molecule has 4 heteroatoms. The van der Waals surface area contributed by atoms with Gasteiger partial charge in [0.05, 0.1) is 7.11 Å². The number of carbonyl (C=O) groups is 1. The summed E-state index contributed by atoms with van der Waals surface area (Å²) in [7, 11) is 1.63. The summed E-state index contributed by atoms with van der Waals surface area (Å²) in [4.78, 5) is 11.5. The van der Waals surface area contributed by atoms with Crippen LogP contribution in [0.3, 0.4) is 0 Å². The Morgan fingerprint density at radius 3 is 2.44 bits per heavy atom. The molecule has 0 spiro atoms. The van der Waals surface area contributed by atoms with Gasteiger partial charge in [-0.3, -0.25) is 0 Å². The first-order chi connectivity index (χ1) is 8.61. The van der Waals surface area contributed by atoms with Crippen molar-refractivity contribution in [3.8, 4) is 5.75 Å². The van der Waals surface area contributed by atoms with Crippen molar-refractivity contribution in [1.82, 2.24) is 10.6 Å². The smallest absolute Gasteiger partial charge is 0.315 e. The Kier molecular flexibility index (Phi) is 6.05. The van der Waals surface area contributed by atoms with Crippen LogP contribution in [0.5, 0.6) is 5.75 Å². The van der Waals surface area contributed by atoms with Crippen LogP contribution in [0.4, 0.5) is 4.79 Å². The SMILES string of the molecule is COc1ccc(CNC(=O)NCCC(C)C)cc1. The molecule has 0 radical (unpaired) electrons. The van der Waals surface area contributed by atoms with Gasteiger partial charge in [-0.05, 0) is 30.0 Å². The Bertz CT molecular complexity index is 361. The molecule has 1 aromatic rings.